The fraction of sp³-hybridized carbons (Fsp3) is 0.192. The van der Waals surface area contributed by atoms with Gasteiger partial charge in [0.15, 0.2) is 5.65 Å². The Bertz CT molecular complexity index is 1280. The van der Waals surface area contributed by atoms with Crippen molar-refractivity contribution in [1.29, 1.82) is 0 Å². The summed E-state index contributed by atoms with van der Waals surface area (Å²) in [6, 6.07) is 15.6. The average molecular weight is 442 g/mol. The normalized spacial score (nSPS) is 11.0. The quantitative estimate of drug-likeness (QED) is 0.341. The predicted octanol–water partition coefficient (Wildman–Crippen LogP) is 5.38. The van der Waals surface area contributed by atoms with Gasteiger partial charge in [-0.25, -0.2) is 9.97 Å². The third-order valence-electron chi connectivity index (χ3n) is 5.41. The molecule has 0 atom stereocenters. The summed E-state index contributed by atoms with van der Waals surface area (Å²) < 4.78 is 5.94. The van der Waals surface area contributed by atoms with Gasteiger partial charge in [-0.15, -0.1) is 0 Å². The van der Waals surface area contributed by atoms with Crippen LogP contribution in [-0.2, 0) is 11.3 Å². The second-order valence-corrected chi connectivity index (χ2v) is 7.59. The lowest BCUT2D eigenvalue weighted by molar-refractivity contribution is -0.111. The number of carbonyl (C=O) groups is 1. The van der Waals surface area contributed by atoms with E-state index in [9.17, 15) is 4.79 Å². The summed E-state index contributed by atoms with van der Waals surface area (Å²) in [7, 11) is 0. The first-order chi connectivity index (χ1) is 16.1. The number of aromatic amines is 1. The molecule has 0 spiro atoms. The smallest absolute Gasteiger partial charge is 0.247 e. The van der Waals surface area contributed by atoms with Crippen molar-refractivity contribution in [2.75, 3.05) is 18.4 Å². The minimum Gasteiger partial charge on any atom is -0.437 e. The van der Waals surface area contributed by atoms with E-state index in [1.807, 2.05) is 6.20 Å². The van der Waals surface area contributed by atoms with E-state index < -0.39 is 0 Å². The van der Waals surface area contributed by atoms with Gasteiger partial charge in [0.2, 0.25) is 11.8 Å². The third-order valence-corrected chi connectivity index (χ3v) is 5.41. The molecule has 7 nitrogen and oxygen atoms in total. The average Bonchev–Trinajstić information content (AvgIpc) is 3.26. The summed E-state index contributed by atoms with van der Waals surface area (Å²) in [6.45, 7) is 10.7. The zero-order chi connectivity index (χ0) is 23.2. The van der Waals surface area contributed by atoms with Crippen LogP contribution < -0.4 is 10.1 Å². The van der Waals surface area contributed by atoms with E-state index >= 15 is 0 Å². The molecule has 0 unspecified atom stereocenters. The monoisotopic (exact) mass is 441 g/mol. The molecule has 168 valence electrons. The van der Waals surface area contributed by atoms with Crippen LogP contribution in [0.15, 0.2) is 73.6 Å². The molecule has 2 aromatic heterocycles. The first-order valence-corrected chi connectivity index (χ1v) is 11.0. The summed E-state index contributed by atoms with van der Waals surface area (Å²) in [6.07, 6.45) is 4.72. The lowest BCUT2D eigenvalue weighted by atomic mass is 10.0. The molecule has 33 heavy (non-hydrogen) atoms. The number of H-pyrrole nitrogens is 1. The molecule has 0 aliphatic carbocycles. The van der Waals surface area contributed by atoms with Crippen molar-refractivity contribution in [3.63, 3.8) is 0 Å². The van der Waals surface area contributed by atoms with Gasteiger partial charge in [-0.1, -0.05) is 44.7 Å². The molecule has 0 aliphatic heterocycles. The summed E-state index contributed by atoms with van der Waals surface area (Å²) in [5.74, 6) is 0.632. The molecule has 2 N–H and O–H groups in total. The maximum atomic E-state index is 11.6. The van der Waals surface area contributed by atoms with E-state index in [-0.39, 0.29) is 5.91 Å². The van der Waals surface area contributed by atoms with Crippen LogP contribution in [0.4, 0.5) is 5.69 Å². The number of nitrogens with zero attached hydrogens (tertiary/aromatic N) is 3. The Kier molecular flexibility index (Phi) is 6.80. The Hall–Kier alpha value is -3.97. The van der Waals surface area contributed by atoms with E-state index in [1.54, 1.807) is 30.5 Å². The number of rotatable bonds is 9. The Morgan fingerprint density at radius 3 is 2.79 bits per heavy atom. The number of carbonyl (C=O) groups excluding carboxylic acids is 1. The van der Waals surface area contributed by atoms with Crippen LogP contribution in [0.3, 0.4) is 0 Å². The molecule has 4 rings (SSSR count). The number of aromatic nitrogens is 3. The zero-order valence-corrected chi connectivity index (χ0v) is 18.8. The molecular formula is C26H27N5O2. The van der Waals surface area contributed by atoms with Gasteiger partial charge in [0.1, 0.15) is 11.3 Å². The fourth-order valence-corrected chi connectivity index (χ4v) is 3.64. The van der Waals surface area contributed by atoms with Gasteiger partial charge in [-0.2, -0.15) is 0 Å². The largest absolute Gasteiger partial charge is 0.437 e. The van der Waals surface area contributed by atoms with Gasteiger partial charge in [0.05, 0.1) is 6.20 Å². The van der Waals surface area contributed by atoms with Gasteiger partial charge < -0.3 is 15.0 Å². The summed E-state index contributed by atoms with van der Waals surface area (Å²) >= 11 is 0. The fourth-order valence-electron chi connectivity index (χ4n) is 3.64. The van der Waals surface area contributed by atoms with E-state index in [1.165, 1.54) is 11.6 Å². The third kappa shape index (κ3) is 5.27. The minimum atomic E-state index is -0.284. The highest BCUT2D eigenvalue weighted by molar-refractivity contribution is 5.99. The molecular weight excluding hydrogens is 414 g/mol. The Morgan fingerprint density at radius 1 is 1.18 bits per heavy atom. The molecule has 0 aliphatic rings. The second kappa shape index (κ2) is 10.1. The minimum absolute atomic E-state index is 0.284. The molecule has 1 amide bonds. The van der Waals surface area contributed by atoms with Crippen LogP contribution in [0, 0.1) is 0 Å². The van der Waals surface area contributed by atoms with Crippen molar-refractivity contribution in [3.8, 4) is 22.8 Å². The number of nitrogens with one attached hydrogen (secondary N) is 2. The van der Waals surface area contributed by atoms with Crippen molar-refractivity contribution in [2.24, 2.45) is 0 Å². The molecule has 2 heterocycles. The lowest BCUT2D eigenvalue weighted by Gasteiger charge is -2.18. The number of fused-ring (bicyclic) bond motifs is 1. The van der Waals surface area contributed by atoms with Crippen LogP contribution >= 0.6 is 0 Å². The highest BCUT2D eigenvalue weighted by atomic mass is 16.5. The highest BCUT2D eigenvalue weighted by Gasteiger charge is 2.12. The number of amides is 1. The maximum absolute atomic E-state index is 11.6. The van der Waals surface area contributed by atoms with Crippen molar-refractivity contribution in [3.05, 3.63) is 79.1 Å². The SMILES string of the molecule is C=CC(=O)Nc1cccc(Oc2cnc3[nH]cc(-c4cccc(CN(CC)CC)c4)c3n2)c1. The molecule has 0 saturated carbocycles. The zero-order valence-electron chi connectivity index (χ0n) is 18.8. The Balaban J connectivity index is 1.60. The van der Waals surface area contributed by atoms with Crippen molar-refractivity contribution in [1.82, 2.24) is 19.9 Å². The Morgan fingerprint density at radius 2 is 2.00 bits per heavy atom. The van der Waals surface area contributed by atoms with E-state index in [4.69, 9.17) is 9.72 Å². The van der Waals surface area contributed by atoms with Crippen LogP contribution in [0.2, 0.25) is 0 Å². The van der Waals surface area contributed by atoms with E-state index in [0.29, 0.717) is 23.0 Å². The van der Waals surface area contributed by atoms with Crippen LogP contribution in [0.1, 0.15) is 19.4 Å². The summed E-state index contributed by atoms with van der Waals surface area (Å²) in [5, 5.41) is 2.72. The van der Waals surface area contributed by atoms with E-state index in [2.05, 4.69) is 64.9 Å². The number of benzene rings is 2. The molecule has 0 fully saturated rings. The summed E-state index contributed by atoms with van der Waals surface area (Å²) in [4.78, 5) is 26.3. The number of hydrogen-bond donors (Lipinski definition) is 2. The predicted molar refractivity (Wildman–Crippen MR) is 131 cm³/mol. The van der Waals surface area contributed by atoms with Crippen LogP contribution in [0.25, 0.3) is 22.3 Å². The maximum Gasteiger partial charge on any atom is 0.247 e. The first-order valence-electron chi connectivity index (χ1n) is 11.0. The van der Waals surface area contributed by atoms with Crippen molar-refractivity contribution in [2.45, 2.75) is 20.4 Å². The molecule has 0 radical (unpaired) electrons. The second-order valence-electron chi connectivity index (χ2n) is 7.59. The molecule has 0 saturated heterocycles. The van der Waals surface area contributed by atoms with Crippen molar-refractivity contribution >= 4 is 22.8 Å². The van der Waals surface area contributed by atoms with E-state index in [0.717, 1.165) is 36.3 Å². The number of hydrogen-bond acceptors (Lipinski definition) is 5. The van der Waals surface area contributed by atoms with Gasteiger partial charge in [-0.3, -0.25) is 9.69 Å². The highest BCUT2D eigenvalue weighted by Crippen LogP contribution is 2.30. The number of ether oxygens (including phenoxy) is 1. The van der Waals surface area contributed by atoms with Gasteiger partial charge in [-0.05, 0) is 48.5 Å². The number of anilines is 1. The molecule has 0 bridgehead atoms. The standard InChI is InChI=1S/C26H27N5O2/c1-4-23(32)29-20-11-8-12-21(14-20)33-24-16-28-26-25(30-24)22(15-27-26)19-10-7-9-18(13-19)17-31(5-2)6-3/h4,7-16H,1,5-6,17H2,2-3H3,(H,27,28)(H,29,32). The van der Waals surface area contributed by atoms with Gasteiger partial charge in [0, 0.05) is 30.1 Å². The topological polar surface area (TPSA) is 83.1 Å². The van der Waals surface area contributed by atoms with Gasteiger partial charge >= 0.3 is 0 Å². The molecule has 2 aromatic carbocycles. The van der Waals surface area contributed by atoms with Crippen molar-refractivity contribution < 1.29 is 9.53 Å². The van der Waals surface area contributed by atoms with Crippen LogP contribution in [0.5, 0.6) is 11.6 Å². The molecule has 4 aromatic rings. The molecule has 7 heteroatoms. The first kappa shape index (κ1) is 22.2. The lowest BCUT2D eigenvalue weighted by Crippen LogP contribution is -2.22. The van der Waals surface area contributed by atoms with Gasteiger partial charge in [0.25, 0.3) is 0 Å². The summed E-state index contributed by atoms with van der Waals surface area (Å²) in [5.41, 5.74) is 5.34. The Labute approximate surface area is 193 Å². The van der Waals surface area contributed by atoms with Crippen LogP contribution in [-0.4, -0.2) is 38.8 Å².